The van der Waals surface area contributed by atoms with Crippen LogP contribution in [0.25, 0.3) is 0 Å². The molecule has 0 amide bonds. The van der Waals surface area contributed by atoms with Gasteiger partial charge in [-0.25, -0.2) is 0 Å². The van der Waals surface area contributed by atoms with Crippen LogP contribution in [0.1, 0.15) is 0 Å². The second-order valence-electron chi connectivity index (χ2n) is 1.61. The Labute approximate surface area is 51.1 Å². The Morgan fingerprint density at radius 2 is 2.33 bits per heavy atom. The second kappa shape index (κ2) is 1.89. The Kier molecular flexibility index (Phi) is 1.22. The third-order valence-electron chi connectivity index (χ3n) is 0.917. The summed E-state index contributed by atoms with van der Waals surface area (Å²) in [5.41, 5.74) is 5.05. The third kappa shape index (κ3) is 1.07. The highest BCUT2D eigenvalue weighted by Gasteiger charge is 1.99. The topological polar surface area (TPSA) is 53.0 Å². The average Bonchev–Trinajstić information content (AvgIpc) is 1.80. The zero-order valence-corrected chi connectivity index (χ0v) is 4.54. The van der Waals surface area contributed by atoms with E-state index in [-0.39, 0.29) is 5.69 Å². The molecule has 1 aromatic rings. The lowest BCUT2D eigenvalue weighted by atomic mass is 10.4. The number of halogens is 1. The fourth-order valence-corrected chi connectivity index (χ4v) is 0.463. The van der Waals surface area contributed by atoms with Crippen LogP contribution in [0.4, 0.5) is 10.1 Å². The number of hydrogen-bond acceptors (Lipinski definition) is 2. The number of hydrogen-bond donors (Lipinski definition) is 1. The van der Waals surface area contributed by atoms with E-state index in [1.165, 1.54) is 6.07 Å². The van der Waals surface area contributed by atoms with E-state index in [0.29, 0.717) is 4.73 Å². The van der Waals surface area contributed by atoms with Gasteiger partial charge in [0, 0.05) is 6.07 Å². The molecule has 0 aliphatic rings. The molecule has 0 fully saturated rings. The molecule has 1 aromatic heterocycles. The van der Waals surface area contributed by atoms with E-state index in [1.54, 1.807) is 0 Å². The van der Waals surface area contributed by atoms with Crippen molar-refractivity contribution < 1.29 is 9.12 Å². The van der Waals surface area contributed by atoms with Gasteiger partial charge in [0.15, 0.2) is 6.20 Å². The zero-order valence-electron chi connectivity index (χ0n) is 4.54. The number of nitrogens with zero attached hydrogens (tertiary/aromatic N) is 1. The summed E-state index contributed by atoms with van der Waals surface area (Å²) in [7, 11) is 0. The first-order chi connectivity index (χ1) is 4.20. The van der Waals surface area contributed by atoms with Gasteiger partial charge in [0.25, 0.3) is 0 Å². The van der Waals surface area contributed by atoms with Gasteiger partial charge >= 0.3 is 0 Å². The number of nitrogen functional groups attached to an aromatic ring is 1. The summed E-state index contributed by atoms with van der Waals surface area (Å²) in [6.07, 6.45) is 1.91. The van der Waals surface area contributed by atoms with Gasteiger partial charge in [-0.2, -0.15) is 9.12 Å². The Morgan fingerprint density at radius 1 is 1.67 bits per heavy atom. The second-order valence-corrected chi connectivity index (χ2v) is 1.61. The maximum absolute atomic E-state index is 12.2. The Hall–Kier alpha value is -1.32. The van der Waals surface area contributed by atoms with Crippen molar-refractivity contribution in [2.24, 2.45) is 0 Å². The fourth-order valence-electron chi connectivity index (χ4n) is 0.463. The fraction of sp³-hybridized carbons (Fsp3) is 0. The molecule has 0 aromatic carbocycles. The minimum absolute atomic E-state index is 0.0119. The molecule has 3 nitrogen and oxygen atoms in total. The zero-order chi connectivity index (χ0) is 6.85. The van der Waals surface area contributed by atoms with Crippen LogP contribution in [-0.2, 0) is 0 Å². The van der Waals surface area contributed by atoms with E-state index in [2.05, 4.69) is 0 Å². The standard InChI is InChI=1S/C5H5FN2O/c6-4-3-8(9)2-1-5(4)7/h1-3H,7H2. The molecule has 0 saturated carbocycles. The molecule has 0 aliphatic heterocycles. The van der Waals surface area contributed by atoms with Crippen LogP contribution in [-0.4, -0.2) is 0 Å². The van der Waals surface area contributed by atoms with Crippen molar-refractivity contribution in [1.29, 1.82) is 0 Å². The molecule has 0 saturated heterocycles. The van der Waals surface area contributed by atoms with Crippen molar-refractivity contribution in [3.63, 3.8) is 0 Å². The molecular formula is C5H5FN2O. The van der Waals surface area contributed by atoms with Gasteiger partial charge in [0.1, 0.15) is 0 Å². The Morgan fingerprint density at radius 3 is 2.78 bits per heavy atom. The third-order valence-corrected chi connectivity index (χ3v) is 0.917. The summed E-state index contributed by atoms with van der Waals surface area (Å²) >= 11 is 0. The van der Waals surface area contributed by atoms with Crippen LogP contribution in [0.2, 0.25) is 0 Å². The van der Waals surface area contributed by atoms with E-state index < -0.39 is 5.82 Å². The van der Waals surface area contributed by atoms with Crippen molar-refractivity contribution in [3.8, 4) is 0 Å². The van der Waals surface area contributed by atoms with Crippen LogP contribution >= 0.6 is 0 Å². The van der Waals surface area contributed by atoms with E-state index in [1.807, 2.05) is 0 Å². The molecule has 0 unspecified atom stereocenters. The molecule has 9 heavy (non-hydrogen) atoms. The van der Waals surface area contributed by atoms with Gasteiger partial charge in [-0.1, -0.05) is 0 Å². The summed E-state index contributed by atoms with van der Waals surface area (Å²) in [6.45, 7) is 0. The van der Waals surface area contributed by atoms with Gasteiger partial charge in [0.05, 0.1) is 5.69 Å². The minimum atomic E-state index is -0.687. The lowest BCUT2D eigenvalue weighted by molar-refractivity contribution is -0.607. The van der Waals surface area contributed by atoms with Crippen LogP contribution in [0.3, 0.4) is 0 Å². The van der Waals surface area contributed by atoms with Gasteiger partial charge in [-0.15, -0.1) is 0 Å². The molecule has 0 spiro atoms. The van der Waals surface area contributed by atoms with Gasteiger partial charge in [-0.3, -0.25) is 0 Å². The largest absolute Gasteiger partial charge is 0.619 e. The van der Waals surface area contributed by atoms with E-state index in [0.717, 1.165) is 12.4 Å². The molecule has 1 rings (SSSR count). The summed E-state index contributed by atoms with van der Waals surface area (Å²) < 4.78 is 12.6. The van der Waals surface area contributed by atoms with Crippen molar-refractivity contribution >= 4 is 5.69 Å². The normalized spacial score (nSPS) is 9.44. The highest BCUT2D eigenvalue weighted by Crippen LogP contribution is 2.02. The number of aromatic nitrogens is 1. The maximum Gasteiger partial charge on any atom is 0.218 e. The molecule has 2 N–H and O–H groups in total. The monoisotopic (exact) mass is 128 g/mol. The Bertz CT molecular complexity index is 226. The summed E-state index contributed by atoms with van der Waals surface area (Å²) in [5, 5.41) is 10.3. The van der Waals surface area contributed by atoms with Crippen molar-refractivity contribution in [1.82, 2.24) is 0 Å². The van der Waals surface area contributed by atoms with E-state index in [4.69, 9.17) is 5.73 Å². The predicted octanol–water partition coefficient (Wildman–Crippen LogP) is 0.0413. The molecule has 0 aliphatic carbocycles. The van der Waals surface area contributed by atoms with Gasteiger partial charge in [-0.05, 0) is 0 Å². The van der Waals surface area contributed by atoms with Crippen molar-refractivity contribution in [2.45, 2.75) is 0 Å². The van der Waals surface area contributed by atoms with Crippen LogP contribution < -0.4 is 10.5 Å². The van der Waals surface area contributed by atoms with Crippen molar-refractivity contribution in [2.75, 3.05) is 5.73 Å². The van der Waals surface area contributed by atoms with Crippen molar-refractivity contribution in [3.05, 3.63) is 29.5 Å². The number of pyridine rings is 1. The molecule has 0 bridgehead atoms. The molecule has 48 valence electrons. The summed E-state index contributed by atoms with van der Waals surface area (Å²) in [4.78, 5) is 0. The van der Waals surface area contributed by atoms with Crippen LogP contribution in [0.5, 0.6) is 0 Å². The minimum Gasteiger partial charge on any atom is -0.619 e. The van der Waals surface area contributed by atoms with E-state index >= 15 is 0 Å². The molecular weight excluding hydrogens is 123 g/mol. The Balaban J connectivity index is 3.17. The average molecular weight is 128 g/mol. The smallest absolute Gasteiger partial charge is 0.218 e. The first-order valence-corrected chi connectivity index (χ1v) is 2.34. The maximum atomic E-state index is 12.2. The van der Waals surface area contributed by atoms with Gasteiger partial charge < -0.3 is 10.9 Å². The number of nitrogens with two attached hydrogens (primary N) is 1. The number of anilines is 1. The molecule has 0 radical (unpaired) electrons. The SMILES string of the molecule is Nc1cc[n+]([O-])cc1F. The van der Waals surface area contributed by atoms with Crippen LogP contribution in [0, 0.1) is 11.0 Å². The lowest BCUT2D eigenvalue weighted by Gasteiger charge is -1.95. The molecule has 1 heterocycles. The highest BCUT2D eigenvalue weighted by atomic mass is 19.1. The van der Waals surface area contributed by atoms with Crippen LogP contribution in [0.15, 0.2) is 18.5 Å². The van der Waals surface area contributed by atoms with Gasteiger partial charge in [0.2, 0.25) is 12.0 Å². The molecule has 4 heteroatoms. The predicted molar refractivity (Wildman–Crippen MR) is 29.8 cm³/mol. The lowest BCUT2D eigenvalue weighted by Crippen LogP contribution is -2.25. The number of rotatable bonds is 0. The quantitative estimate of drug-likeness (QED) is 0.396. The molecule has 0 atom stereocenters. The first kappa shape index (κ1) is 5.81. The first-order valence-electron chi connectivity index (χ1n) is 2.34. The van der Waals surface area contributed by atoms with E-state index in [9.17, 15) is 9.60 Å². The highest BCUT2D eigenvalue weighted by molar-refractivity contribution is 5.34. The summed E-state index contributed by atoms with van der Waals surface area (Å²) in [6, 6.07) is 1.21. The summed E-state index contributed by atoms with van der Waals surface area (Å²) in [5.74, 6) is -0.687.